The average molecular weight is 309 g/mol. The first-order chi connectivity index (χ1) is 9.97. The Morgan fingerprint density at radius 1 is 1.48 bits per heavy atom. The Labute approximate surface area is 132 Å². The Bertz CT molecular complexity index is 470. The monoisotopic (exact) mass is 309 g/mol. The Hall–Kier alpha value is -0.910. The number of hydrogen-bond acceptors (Lipinski definition) is 4. The van der Waals surface area contributed by atoms with Crippen molar-refractivity contribution in [2.45, 2.75) is 32.9 Å². The van der Waals surface area contributed by atoms with Gasteiger partial charge in [-0.25, -0.2) is 0 Å². The quantitative estimate of drug-likeness (QED) is 0.870. The summed E-state index contributed by atoms with van der Waals surface area (Å²) in [6.07, 6.45) is 1.00. The molecule has 2 heterocycles. The highest BCUT2D eigenvalue weighted by Crippen LogP contribution is 2.23. The molecule has 0 fully saturated rings. The van der Waals surface area contributed by atoms with Crippen molar-refractivity contribution in [3.05, 3.63) is 21.9 Å². The van der Waals surface area contributed by atoms with Crippen LogP contribution in [0.15, 0.2) is 11.4 Å². The van der Waals surface area contributed by atoms with Crippen molar-refractivity contribution in [1.29, 1.82) is 0 Å². The second-order valence-corrected chi connectivity index (χ2v) is 7.43. The number of nitrogens with zero attached hydrogens (tertiary/aromatic N) is 2. The number of likely N-dealkylation sites (N-methyl/N-ethyl adjacent to an activating group) is 1. The number of carbonyl (C=O) groups excluding carboxylic acids is 1. The van der Waals surface area contributed by atoms with Gasteiger partial charge < -0.3 is 15.1 Å². The fourth-order valence-corrected chi connectivity index (χ4v) is 3.59. The number of hydrogen-bond donors (Lipinski definition) is 1. The summed E-state index contributed by atoms with van der Waals surface area (Å²) in [7, 11) is 4.14. The summed E-state index contributed by atoms with van der Waals surface area (Å²) in [5, 5.41) is 5.56. The molecular formula is C16H27N3OS. The van der Waals surface area contributed by atoms with Crippen molar-refractivity contribution >= 4 is 17.2 Å². The first-order valence-corrected chi connectivity index (χ1v) is 8.56. The standard InChI is InChI=1S/C16H27N3OS/c1-12(2)14(11-18(3)4)17-9-16(20)19-7-5-15-13(10-19)6-8-21-15/h6,8,12,14,17H,5,7,9-11H2,1-4H3. The highest BCUT2D eigenvalue weighted by atomic mass is 32.1. The van der Waals surface area contributed by atoms with Crippen molar-refractivity contribution in [2.75, 3.05) is 33.7 Å². The second-order valence-electron chi connectivity index (χ2n) is 6.43. The van der Waals surface area contributed by atoms with Gasteiger partial charge in [-0.15, -0.1) is 11.3 Å². The molecule has 118 valence electrons. The van der Waals surface area contributed by atoms with E-state index >= 15 is 0 Å². The van der Waals surface area contributed by atoms with Crippen LogP contribution in [0.3, 0.4) is 0 Å². The molecule has 0 saturated heterocycles. The first-order valence-electron chi connectivity index (χ1n) is 7.68. The molecule has 0 spiro atoms. The van der Waals surface area contributed by atoms with E-state index in [4.69, 9.17) is 0 Å². The molecule has 4 nitrogen and oxygen atoms in total. The summed E-state index contributed by atoms with van der Waals surface area (Å²) in [5.41, 5.74) is 1.33. The van der Waals surface area contributed by atoms with Gasteiger partial charge in [0.1, 0.15) is 0 Å². The van der Waals surface area contributed by atoms with Crippen LogP contribution in [0.2, 0.25) is 0 Å². The maximum atomic E-state index is 12.4. The van der Waals surface area contributed by atoms with Gasteiger partial charge >= 0.3 is 0 Å². The molecule has 0 saturated carbocycles. The normalized spacial score (nSPS) is 16.4. The van der Waals surface area contributed by atoms with Gasteiger partial charge in [0.25, 0.3) is 0 Å². The zero-order valence-corrected chi connectivity index (χ0v) is 14.4. The third kappa shape index (κ3) is 4.53. The van der Waals surface area contributed by atoms with Crippen LogP contribution in [0.5, 0.6) is 0 Å². The molecule has 1 unspecified atom stereocenters. The Morgan fingerprint density at radius 2 is 2.24 bits per heavy atom. The third-order valence-corrected chi connectivity index (χ3v) is 5.07. The van der Waals surface area contributed by atoms with Gasteiger partial charge in [-0.2, -0.15) is 0 Å². The molecule has 0 radical (unpaired) electrons. The van der Waals surface area contributed by atoms with Crippen LogP contribution in [0.25, 0.3) is 0 Å². The summed E-state index contributed by atoms with van der Waals surface area (Å²) in [6.45, 7) is 7.43. The van der Waals surface area contributed by atoms with Gasteiger partial charge in [-0.1, -0.05) is 13.8 Å². The van der Waals surface area contributed by atoms with E-state index in [1.807, 2.05) is 16.2 Å². The summed E-state index contributed by atoms with van der Waals surface area (Å²) in [6, 6.07) is 2.50. The summed E-state index contributed by atoms with van der Waals surface area (Å²) >= 11 is 1.81. The molecule has 1 aliphatic heterocycles. The third-order valence-electron chi connectivity index (χ3n) is 4.04. The molecule has 21 heavy (non-hydrogen) atoms. The van der Waals surface area contributed by atoms with E-state index in [-0.39, 0.29) is 5.91 Å². The minimum atomic E-state index is 0.219. The lowest BCUT2D eigenvalue weighted by molar-refractivity contribution is -0.131. The van der Waals surface area contributed by atoms with Crippen LogP contribution in [-0.2, 0) is 17.8 Å². The summed E-state index contributed by atoms with van der Waals surface area (Å²) < 4.78 is 0. The molecule has 1 amide bonds. The molecule has 0 aliphatic carbocycles. The van der Waals surface area contributed by atoms with Gasteiger partial charge in [0.15, 0.2) is 0 Å². The number of nitrogens with one attached hydrogen (secondary N) is 1. The van der Waals surface area contributed by atoms with E-state index in [1.165, 1.54) is 10.4 Å². The van der Waals surface area contributed by atoms with Crippen molar-refractivity contribution in [2.24, 2.45) is 5.92 Å². The van der Waals surface area contributed by atoms with E-state index in [9.17, 15) is 4.79 Å². The van der Waals surface area contributed by atoms with Crippen molar-refractivity contribution < 1.29 is 4.79 Å². The maximum absolute atomic E-state index is 12.4. The largest absolute Gasteiger partial charge is 0.337 e. The molecule has 1 aromatic heterocycles. The zero-order chi connectivity index (χ0) is 15.4. The minimum absolute atomic E-state index is 0.219. The topological polar surface area (TPSA) is 35.6 Å². The lowest BCUT2D eigenvalue weighted by Gasteiger charge is -2.30. The zero-order valence-electron chi connectivity index (χ0n) is 13.6. The van der Waals surface area contributed by atoms with Crippen LogP contribution in [0.4, 0.5) is 0 Å². The average Bonchev–Trinajstić information content (AvgIpc) is 2.89. The fourth-order valence-electron chi connectivity index (χ4n) is 2.70. The number of rotatable bonds is 6. The predicted octanol–water partition coefficient (Wildman–Crippen LogP) is 1.81. The highest BCUT2D eigenvalue weighted by molar-refractivity contribution is 7.10. The van der Waals surface area contributed by atoms with Crippen LogP contribution < -0.4 is 5.32 Å². The van der Waals surface area contributed by atoms with Gasteiger partial charge in [-0.05, 0) is 43.4 Å². The van der Waals surface area contributed by atoms with Crippen LogP contribution >= 0.6 is 11.3 Å². The first kappa shape index (κ1) is 16.5. The Balaban J connectivity index is 1.84. The number of amides is 1. The number of fused-ring (bicyclic) bond motifs is 1. The van der Waals surface area contributed by atoms with E-state index in [2.05, 4.69) is 49.6 Å². The second kappa shape index (κ2) is 7.38. The Kier molecular flexibility index (Phi) is 5.79. The van der Waals surface area contributed by atoms with Crippen LogP contribution in [0, 0.1) is 5.92 Å². The van der Waals surface area contributed by atoms with Gasteiger partial charge in [0.2, 0.25) is 5.91 Å². The maximum Gasteiger partial charge on any atom is 0.236 e. The molecule has 1 aliphatic rings. The van der Waals surface area contributed by atoms with E-state index in [0.717, 1.165) is 26.1 Å². The molecule has 1 atom stereocenters. The van der Waals surface area contributed by atoms with Crippen molar-refractivity contribution in [3.8, 4) is 0 Å². The van der Waals surface area contributed by atoms with Crippen molar-refractivity contribution in [1.82, 2.24) is 15.1 Å². The molecule has 2 rings (SSSR count). The SMILES string of the molecule is CC(C)C(CN(C)C)NCC(=O)N1CCc2sccc2C1. The van der Waals surface area contributed by atoms with Crippen LogP contribution in [-0.4, -0.2) is 55.5 Å². The lowest BCUT2D eigenvalue weighted by Crippen LogP contribution is -2.48. The fraction of sp³-hybridized carbons (Fsp3) is 0.688. The summed E-state index contributed by atoms with van der Waals surface area (Å²) in [4.78, 5) is 18.0. The molecule has 1 N–H and O–H groups in total. The lowest BCUT2D eigenvalue weighted by atomic mass is 10.0. The molecule has 5 heteroatoms. The van der Waals surface area contributed by atoms with Gasteiger partial charge in [0, 0.05) is 30.6 Å². The molecule has 0 aromatic carbocycles. The molecule has 0 bridgehead atoms. The smallest absolute Gasteiger partial charge is 0.236 e. The number of thiophene rings is 1. The van der Waals surface area contributed by atoms with E-state index in [0.29, 0.717) is 18.5 Å². The summed E-state index contributed by atoms with van der Waals surface area (Å²) in [5.74, 6) is 0.737. The van der Waals surface area contributed by atoms with Crippen LogP contribution in [0.1, 0.15) is 24.3 Å². The van der Waals surface area contributed by atoms with Crippen molar-refractivity contribution in [3.63, 3.8) is 0 Å². The minimum Gasteiger partial charge on any atom is -0.337 e. The van der Waals surface area contributed by atoms with E-state index < -0.39 is 0 Å². The highest BCUT2D eigenvalue weighted by Gasteiger charge is 2.22. The number of carbonyl (C=O) groups is 1. The Morgan fingerprint density at radius 3 is 2.90 bits per heavy atom. The van der Waals surface area contributed by atoms with Gasteiger partial charge in [0.05, 0.1) is 6.54 Å². The molecular weight excluding hydrogens is 282 g/mol. The van der Waals surface area contributed by atoms with E-state index in [1.54, 1.807) is 0 Å². The molecule has 1 aromatic rings. The predicted molar refractivity (Wildman–Crippen MR) is 88.6 cm³/mol. The van der Waals surface area contributed by atoms with Gasteiger partial charge in [-0.3, -0.25) is 4.79 Å².